The second kappa shape index (κ2) is 4.92. The molecule has 0 spiro atoms. The molecule has 0 radical (unpaired) electrons. The summed E-state index contributed by atoms with van der Waals surface area (Å²) in [5, 5.41) is 15.6. The first-order chi connectivity index (χ1) is 8.58. The number of rotatable bonds is 3. The average molecular weight is 263 g/mol. The number of anilines is 1. The molecule has 0 fully saturated rings. The van der Waals surface area contributed by atoms with Crippen molar-refractivity contribution in [1.29, 1.82) is 0 Å². The van der Waals surface area contributed by atoms with Gasteiger partial charge in [-0.1, -0.05) is 12.1 Å². The van der Waals surface area contributed by atoms with Crippen LogP contribution in [0.2, 0.25) is 0 Å². The number of benzene rings is 1. The fourth-order valence-corrected chi connectivity index (χ4v) is 1.99. The smallest absolute Gasteiger partial charge is 0.292 e. The first kappa shape index (κ1) is 12.2. The monoisotopic (exact) mass is 263 g/mol. The number of nitro benzene ring substituents is 1. The third kappa shape index (κ3) is 2.51. The van der Waals surface area contributed by atoms with Crippen LogP contribution in [0.25, 0.3) is 0 Å². The molecular weight excluding hydrogens is 254 g/mol. The fourth-order valence-electron chi connectivity index (χ4n) is 1.39. The highest BCUT2D eigenvalue weighted by Crippen LogP contribution is 2.23. The average Bonchev–Trinajstić information content (AvgIpc) is 2.76. The Morgan fingerprint density at radius 1 is 1.44 bits per heavy atom. The van der Waals surface area contributed by atoms with Gasteiger partial charge in [0.15, 0.2) is 0 Å². The molecule has 2 rings (SSSR count). The van der Waals surface area contributed by atoms with E-state index in [9.17, 15) is 14.9 Å². The maximum Gasteiger partial charge on any atom is 0.292 e. The van der Waals surface area contributed by atoms with Gasteiger partial charge in [0.2, 0.25) is 0 Å². The van der Waals surface area contributed by atoms with Crippen LogP contribution in [0.5, 0.6) is 0 Å². The topological polar surface area (TPSA) is 85.1 Å². The number of para-hydroxylation sites is 2. The highest BCUT2D eigenvalue weighted by atomic mass is 32.1. The zero-order valence-corrected chi connectivity index (χ0v) is 10.2. The van der Waals surface area contributed by atoms with Crippen molar-refractivity contribution in [3.8, 4) is 0 Å². The zero-order valence-electron chi connectivity index (χ0n) is 9.41. The number of aryl methyl sites for hydroxylation is 1. The predicted octanol–water partition coefficient (Wildman–Crippen LogP) is 2.61. The van der Waals surface area contributed by atoms with E-state index in [0.717, 1.165) is 5.01 Å². The van der Waals surface area contributed by atoms with Gasteiger partial charge in [-0.25, -0.2) is 4.98 Å². The molecule has 18 heavy (non-hydrogen) atoms. The maximum absolute atomic E-state index is 11.8. The molecule has 1 heterocycles. The van der Waals surface area contributed by atoms with Gasteiger partial charge in [-0.2, -0.15) is 0 Å². The summed E-state index contributed by atoms with van der Waals surface area (Å²) >= 11 is 1.35. The van der Waals surface area contributed by atoms with E-state index in [-0.39, 0.29) is 17.1 Å². The SMILES string of the molecule is Cc1nc(C(=O)Nc2ccccc2[N+](=O)[O-])cs1. The van der Waals surface area contributed by atoms with Crippen molar-refractivity contribution in [3.63, 3.8) is 0 Å². The molecular formula is C11H9N3O3S. The lowest BCUT2D eigenvalue weighted by atomic mass is 10.2. The zero-order chi connectivity index (χ0) is 13.1. The number of hydrogen-bond donors (Lipinski definition) is 1. The lowest BCUT2D eigenvalue weighted by molar-refractivity contribution is -0.383. The first-order valence-electron chi connectivity index (χ1n) is 5.05. The molecule has 0 aliphatic carbocycles. The normalized spacial score (nSPS) is 10.1. The van der Waals surface area contributed by atoms with Gasteiger partial charge in [0.05, 0.1) is 9.93 Å². The summed E-state index contributed by atoms with van der Waals surface area (Å²) in [7, 11) is 0. The Bertz CT molecular complexity index is 609. The molecule has 92 valence electrons. The largest absolute Gasteiger partial charge is 0.315 e. The number of nitrogens with one attached hydrogen (secondary N) is 1. The molecule has 0 aliphatic heterocycles. The second-order valence-corrected chi connectivity index (χ2v) is 4.54. The van der Waals surface area contributed by atoms with Crippen molar-refractivity contribution in [2.45, 2.75) is 6.92 Å². The van der Waals surface area contributed by atoms with E-state index in [2.05, 4.69) is 10.3 Å². The van der Waals surface area contributed by atoms with E-state index in [1.54, 1.807) is 24.4 Å². The van der Waals surface area contributed by atoms with Crippen LogP contribution in [0.15, 0.2) is 29.6 Å². The molecule has 0 atom stereocenters. The lowest BCUT2D eigenvalue weighted by Gasteiger charge is -2.03. The predicted molar refractivity (Wildman–Crippen MR) is 67.9 cm³/mol. The highest BCUT2D eigenvalue weighted by Gasteiger charge is 2.16. The summed E-state index contributed by atoms with van der Waals surface area (Å²) in [4.78, 5) is 26.1. The van der Waals surface area contributed by atoms with Crippen molar-refractivity contribution in [1.82, 2.24) is 4.98 Å². The second-order valence-electron chi connectivity index (χ2n) is 3.48. The van der Waals surface area contributed by atoms with Crippen LogP contribution in [0, 0.1) is 17.0 Å². The van der Waals surface area contributed by atoms with Crippen LogP contribution in [0.1, 0.15) is 15.5 Å². The van der Waals surface area contributed by atoms with Gasteiger partial charge < -0.3 is 5.32 Å². The first-order valence-corrected chi connectivity index (χ1v) is 5.93. The van der Waals surface area contributed by atoms with Crippen LogP contribution in [0.4, 0.5) is 11.4 Å². The minimum atomic E-state index is -0.540. The number of carbonyl (C=O) groups is 1. The number of thiazole rings is 1. The van der Waals surface area contributed by atoms with Crippen molar-refractivity contribution < 1.29 is 9.72 Å². The van der Waals surface area contributed by atoms with Crippen molar-refractivity contribution >= 4 is 28.6 Å². The molecule has 0 aliphatic rings. The summed E-state index contributed by atoms with van der Waals surface area (Å²) in [5.41, 5.74) is 0.284. The molecule has 6 nitrogen and oxygen atoms in total. The van der Waals surface area contributed by atoms with E-state index < -0.39 is 10.8 Å². The highest BCUT2D eigenvalue weighted by molar-refractivity contribution is 7.09. The van der Waals surface area contributed by atoms with Gasteiger partial charge in [0.25, 0.3) is 11.6 Å². The molecule has 1 aromatic carbocycles. The molecule has 0 bridgehead atoms. The molecule has 0 saturated heterocycles. The van der Waals surface area contributed by atoms with Crippen LogP contribution >= 0.6 is 11.3 Å². The van der Waals surface area contributed by atoms with Gasteiger partial charge in [0, 0.05) is 11.4 Å². The van der Waals surface area contributed by atoms with E-state index >= 15 is 0 Å². The Balaban J connectivity index is 2.24. The number of carbonyl (C=O) groups excluding carboxylic acids is 1. The maximum atomic E-state index is 11.8. The van der Waals surface area contributed by atoms with E-state index in [1.165, 1.54) is 23.5 Å². The molecule has 0 unspecified atom stereocenters. The quantitative estimate of drug-likeness (QED) is 0.681. The van der Waals surface area contributed by atoms with Crippen LogP contribution < -0.4 is 5.32 Å². The molecule has 1 N–H and O–H groups in total. The summed E-state index contributed by atoms with van der Waals surface area (Å²) in [5.74, 6) is -0.450. The van der Waals surface area contributed by atoms with Gasteiger partial charge in [-0.05, 0) is 13.0 Å². The fraction of sp³-hybridized carbons (Fsp3) is 0.0909. The Labute approximate surface area is 106 Å². The third-order valence-corrected chi connectivity index (χ3v) is 2.97. The Morgan fingerprint density at radius 2 is 2.17 bits per heavy atom. The van der Waals surface area contributed by atoms with Gasteiger partial charge >= 0.3 is 0 Å². The molecule has 1 aromatic heterocycles. The van der Waals surface area contributed by atoms with Gasteiger partial charge in [-0.15, -0.1) is 11.3 Å². The summed E-state index contributed by atoms with van der Waals surface area (Å²) < 4.78 is 0. The van der Waals surface area contributed by atoms with Crippen LogP contribution in [-0.4, -0.2) is 15.8 Å². The number of aromatic nitrogens is 1. The molecule has 7 heteroatoms. The summed E-state index contributed by atoms with van der Waals surface area (Å²) in [6.07, 6.45) is 0. The molecule has 1 amide bonds. The molecule has 2 aromatic rings. The Kier molecular flexibility index (Phi) is 3.33. The molecule has 0 saturated carbocycles. The number of nitro groups is 1. The van der Waals surface area contributed by atoms with E-state index in [0.29, 0.717) is 0 Å². The number of hydrogen-bond acceptors (Lipinski definition) is 5. The van der Waals surface area contributed by atoms with Crippen molar-refractivity contribution in [2.24, 2.45) is 0 Å². The van der Waals surface area contributed by atoms with Crippen molar-refractivity contribution in [2.75, 3.05) is 5.32 Å². The van der Waals surface area contributed by atoms with Gasteiger partial charge in [0.1, 0.15) is 11.4 Å². The Hall–Kier alpha value is -2.28. The minimum absolute atomic E-state index is 0.141. The third-order valence-electron chi connectivity index (χ3n) is 2.20. The standard InChI is InChI=1S/C11H9N3O3S/c1-7-12-9(6-18-7)11(15)13-8-4-2-3-5-10(8)14(16)17/h2-6H,1H3,(H,13,15). The van der Waals surface area contributed by atoms with Crippen LogP contribution in [-0.2, 0) is 0 Å². The summed E-state index contributed by atoms with van der Waals surface area (Å²) in [6.45, 7) is 1.78. The minimum Gasteiger partial charge on any atom is -0.315 e. The summed E-state index contributed by atoms with van der Waals surface area (Å²) in [6, 6.07) is 5.98. The van der Waals surface area contributed by atoms with Crippen LogP contribution in [0.3, 0.4) is 0 Å². The van der Waals surface area contributed by atoms with E-state index in [4.69, 9.17) is 0 Å². The number of nitrogens with zero attached hydrogens (tertiary/aromatic N) is 2. The van der Waals surface area contributed by atoms with E-state index in [1.807, 2.05) is 0 Å². The van der Waals surface area contributed by atoms with Gasteiger partial charge in [-0.3, -0.25) is 14.9 Å². The number of amides is 1. The van der Waals surface area contributed by atoms with Crippen molar-refractivity contribution in [3.05, 3.63) is 50.5 Å². The Morgan fingerprint density at radius 3 is 2.78 bits per heavy atom. The lowest BCUT2D eigenvalue weighted by Crippen LogP contribution is -2.13.